The van der Waals surface area contributed by atoms with Gasteiger partial charge in [-0.25, -0.2) is 9.98 Å². The zero-order valence-electron chi connectivity index (χ0n) is 16.0. The molecule has 1 fully saturated rings. The molecule has 1 aliphatic rings. The first-order chi connectivity index (χ1) is 14.6. The van der Waals surface area contributed by atoms with Crippen LogP contribution in [-0.4, -0.2) is 53.6 Å². The summed E-state index contributed by atoms with van der Waals surface area (Å²) < 4.78 is 5.36. The summed E-state index contributed by atoms with van der Waals surface area (Å²) in [4.78, 5) is 23.0. The summed E-state index contributed by atoms with van der Waals surface area (Å²) in [7, 11) is 0. The number of halogens is 1. The zero-order valence-corrected chi connectivity index (χ0v) is 16.8. The lowest BCUT2D eigenvalue weighted by Gasteiger charge is -2.27. The maximum atomic E-state index is 12.0. The highest BCUT2D eigenvalue weighted by Crippen LogP contribution is 2.27. The number of benzene rings is 1. The van der Waals surface area contributed by atoms with Crippen LogP contribution in [0, 0.1) is 0 Å². The standard InChI is InChI=1S/C20H20ClN7O2/c21-14-2-1-3-15(10-14)25-20-17(18(22)29)19(26-27-20)24-12-13-4-5-16(23-11-13)28-6-8-30-9-7-28/h1-5,10-12H,6-9H2,(H2,22,29)(H2,25,26,27)/b24-12+. The number of morpholine rings is 1. The number of rotatable bonds is 6. The zero-order chi connectivity index (χ0) is 20.9. The maximum Gasteiger partial charge on any atom is 0.256 e. The molecule has 4 rings (SSSR count). The fourth-order valence-electron chi connectivity index (χ4n) is 3.05. The van der Waals surface area contributed by atoms with Crippen LogP contribution in [-0.2, 0) is 4.74 Å². The van der Waals surface area contributed by atoms with Gasteiger partial charge in [-0.1, -0.05) is 17.7 Å². The molecule has 9 nitrogen and oxygen atoms in total. The maximum absolute atomic E-state index is 12.0. The molecule has 154 valence electrons. The first kappa shape index (κ1) is 19.9. The van der Waals surface area contributed by atoms with Crippen molar-refractivity contribution < 1.29 is 9.53 Å². The number of aliphatic imine (C=N–C) groups is 1. The van der Waals surface area contributed by atoms with E-state index in [1.807, 2.05) is 12.1 Å². The quantitative estimate of drug-likeness (QED) is 0.522. The molecule has 4 N–H and O–H groups in total. The van der Waals surface area contributed by atoms with Crippen LogP contribution in [0.5, 0.6) is 0 Å². The number of ether oxygens (including phenoxy) is 1. The summed E-state index contributed by atoms with van der Waals surface area (Å²) >= 11 is 6.00. The van der Waals surface area contributed by atoms with Crippen molar-refractivity contribution in [3.05, 3.63) is 58.7 Å². The van der Waals surface area contributed by atoms with Gasteiger partial charge in [0.15, 0.2) is 11.6 Å². The van der Waals surface area contributed by atoms with Gasteiger partial charge in [0, 0.05) is 41.8 Å². The molecule has 0 aliphatic carbocycles. The normalized spacial score (nSPS) is 14.2. The molecule has 2 aromatic heterocycles. The Labute approximate surface area is 177 Å². The van der Waals surface area contributed by atoms with Gasteiger partial charge in [0.2, 0.25) is 0 Å². The number of aromatic nitrogens is 3. The molecule has 0 saturated carbocycles. The van der Waals surface area contributed by atoms with Crippen molar-refractivity contribution in [3.63, 3.8) is 0 Å². The molecule has 1 aliphatic heterocycles. The van der Waals surface area contributed by atoms with Crippen molar-refractivity contribution in [3.8, 4) is 0 Å². The number of anilines is 3. The summed E-state index contributed by atoms with van der Waals surface area (Å²) in [5, 5.41) is 10.4. The van der Waals surface area contributed by atoms with Gasteiger partial charge in [0.05, 0.1) is 13.2 Å². The first-order valence-electron chi connectivity index (χ1n) is 9.34. The topological polar surface area (TPSA) is 122 Å². The third-order valence-electron chi connectivity index (χ3n) is 4.53. The van der Waals surface area contributed by atoms with E-state index in [-0.39, 0.29) is 17.2 Å². The van der Waals surface area contributed by atoms with Crippen molar-refractivity contribution in [2.24, 2.45) is 10.7 Å². The van der Waals surface area contributed by atoms with E-state index in [1.165, 1.54) is 0 Å². The van der Waals surface area contributed by atoms with E-state index in [4.69, 9.17) is 22.1 Å². The number of nitrogens with one attached hydrogen (secondary N) is 2. The highest BCUT2D eigenvalue weighted by molar-refractivity contribution is 6.30. The van der Waals surface area contributed by atoms with E-state index in [1.54, 1.807) is 36.7 Å². The molecule has 1 aromatic carbocycles. The predicted octanol–water partition coefficient (Wildman–Crippen LogP) is 2.89. The number of carbonyl (C=O) groups is 1. The van der Waals surface area contributed by atoms with Crippen LogP contribution in [0.4, 0.5) is 23.1 Å². The summed E-state index contributed by atoms with van der Waals surface area (Å²) in [5.74, 6) is 0.769. The lowest BCUT2D eigenvalue weighted by atomic mass is 10.2. The minimum Gasteiger partial charge on any atom is -0.378 e. The van der Waals surface area contributed by atoms with Crippen LogP contribution in [0.3, 0.4) is 0 Å². The number of primary amides is 1. The Morgan fingerprint density at radius 2 is 2.13 bits per heavy atom. The van der Waals surface area contributed by atoms with Crippen molar-refractivity contribution in [1.29, 1.82) is 0 Å². The van der Waals surface area contributed by atoms with E-state index in [9.17, 15) is 4.79 Å². The molecular formula is C20H20ClN7O2. The van der Waals surface area contributed by atoms with Crippen molar-refractivity contribution in [1.82, 2.24) is 15.2 Å². The monoisotopic (exact) mass is 425 g/mol. The number of H-pyrrole nitrogens is 1. The summed E-state index contributed by atoms with van der Waals surface area (Å²) in [5.41, 5.74) is 7.16. The molecule has 30 heavy (non-hydrogen) atoms. The number of pyridine rings is 1. The number of aromatic amines is 1. The molecule has 1 amide bonds. The minimum atomic E-state index is -0.652. The fourth-order valence-corrected chi connectivity index (χ4v) is 3.24. The summed E-state index contributed by atoms with van der Waals surface area (Å²) in [6.07, 6.45) is 3.32. The van der Waals surface area contributed by atoms with E-state index in [0.717, 1.165) is 24.5 Å². The number of hydrogen-bond acceptors (Lipinski definition) is 7. The van der Waals surface area contributed by atoms with Gasteiger partial charge in [-0.05, 0) is 30.3 Å². The van der Waals surface area contributed by atoms with E-state index < -0.39 is 5.91 Å². The van der Waals surface area contributed by atoms with Gasteiger partial charge in [0.1, 0.15) is 11.4 Å². The number of carbonyl (C=O) groups excluding carboxylic acids is 1. The largest absolute Gasteiger partial charge is 0.378 e. The van der Waals surface area contributed by atoms with Gasteiger partial charge in [-0.15, -0.1) is 0 Å². The molecular weight excluding hydrogens is 406 g/mol. The third-order valence-corrected chi connectivity index (χ3v) is 4.76. The molecule has 0 radical (unpaired) electrons. The van der Waals surface area contributed by atoms with Crippen LogP contribution in [0.15, 0.2) is 47.6 Å². The van der Waals surface area contributed by atoms with Gasteiger partial charge < -0.3 is 20.7 Å². The second kappa shape index (κ2) is 8.93. The minimum absolute atomic E-state index is 0.157. The number of nitrogens with two attached hydrogens (primary N) is 1. The summed E-state index contributed by atoms with van der Waals surface area (Å²) in [6.45, 7) is 3.04. The molecule has 10 heteroatoms. The Morgan fingerprint density at radius 1 is 1.30 bits per heavy atom. The van der Waals surface area contributed by atoms with Crippen LogP contribution < -0.4 is 16.0 Å². The van der Waals surface area contributed by atoms with Crippen molar-refractivity contribution in [2.45, 2.75) is 0 Å². The molecule has 1 saturated heterocycles. The molecule has 3 aromatic rings. The smallest absolute Gasteiger partial charge is 0.256 e. The van der Waals surface area contributed by atoms with Crippen LogP contribution in [0.2, 0.25) is 5.02 Å². The van der Waals surface area contributed by atoms with E-state index >= 15 is 0 Å². The Kier molecular flexibility index (Phi) is 5.92. The Bertz CT molecular complexity index is 1060. The van der Waals surface area contributed by atoms with Crippen LogP contribution in [0.1, 0.15) is 15.9 Å². The highest BCUT2D eigenvalue weighted by atomic mass is 35.5. The Morgan fingerprint density at radius 3 is 2.83 bits per heavy atom. The molecule has 0 bridgehead atoms. The second-order valence-electron chi connectivity index (χ2n) is 6.60. The van der Waals surface area contributed by atoms with E-state index in [2.05, 4.69) is 30.4 Å². The molecule has 0 atom stereocenters. The number of hydrogen-bond donors (Lipinski definition) is 3. The van der Waals surface area contributed by atoms with Gasteiger partial charge in [0.25, 0.3) is 5.91 Å². The fraction of sp³-hybridized carbons (Fsp3) is 0.200. The van der Waals surface area contributed by atoms with Crippen LogP contribution >= 0.6 is 11.6 Å². The van der Waals surface area contributed by atoms with Gasteiger partial charge in [-0.2, -0.15) is 5.10 Å². The van der Waals surface area contributed by atoms with Gasteiger partial charge >= 0.3 is 0 Å². The Hall–Kier alpha value is -3.43. The predicted molar refractivity (Wildman–Crippen MR) is 116 cm³/mol. The molecule has 0 unspecified atom stereocenters. The SMILES string of the molecule is NC(=O)c1c(Nc2cccc(Cl)c2)n[nH]c1/N=C/c1ccc(N2CCOCC2)nc1. The number of amides is 1. The van der Waals surface area contributed by atoms with Gasteiger partial charge in [-0.3, -0.25) is 9.89 Å². The average Bonchev–Trinajstić information content (AvgIpc) is 3.16. The molecule has 3 heterocycles. The lowest BCUT2D eigenvalue weighted by Crippen LogP contribution is -2.36. The van der Waals surface area contributed by atoms with E-state index in [0.29, 0.717) is 23.9 Å². The average molecular weight is 426 g/mol. The summed E-state index contributed by atoms with van der Waals surface area (Å²) in [6, 6.07) is 10.9. The lowest BCUT2D eigenvalue weighted by molar-refractivity contribution is 0.100. The molecule has 0 spiro atoms. The van der Waals surface area contributed by atoms with Crippen LogP contribution in [0.25, 0.3) is 0 Å². The van der Waals surface area contributed by atoms with Crippen molar-refractivity contribution >= 4 is 46.9 Å². The van der Waals surface area contributed by atoms with Crippen molar-refractivity contribution in [2.75, 3.05) is 36.5 Å². The number of nitrogens with zero attached hydrogens (tertiary/aromatic N) is 4. The Balaban J connectivity index is 1.51. The second-order valence-corrected chi connectivity index (χ2v) is 7.04. The third kappa shape index (κ3) is 4.58. The highest BCUT2D eigenvalue weighted by Gasteiger charge is 2.18. The first-order valence-corrected chi connectivity index (χ1v) is 9.71.